The molecule has 0 bridgehead atoms. The summed E-state index contributed by atoms with van der Waals surface area (Å²) in [6.45, 7) is 4.62. The number of nitrogens with zero attached hydrogens (tertiary/aromatic N) is 2. The summed E-state index contributed by atoms with van der Waals surface area (Å²) >= 11 is 0. The molecule has 4 rings (SSSR count). The van der Waals surface area contributed by atoms with Crippen molar-refractivity contribution in [3.63, 3.8) is 0 Å². The molecule has 0 aromatic heterocycles. The molecule has 2 heterocycles. The fourth-order valence-electron chi connectivity index (χ4n) is 4.61. The van der Waals surface area contributed by atoms with E-state index in [9.17, 15) is 9.59 Å². The molecule has 2 aromatic rings. The highest BCUT2D eigenvalue weighted by Crippen LogP contribution is 2.40. The average molecular weight is 447 g/mol. The highest BCUT2D eigenvalue weighted by atomic mass is 16.5. The third kappa shape index (κ3) is 5.48. The summed E-state index contributed by atoms with van der Waals surface area (Å²) in [5.41, 5.74) is 0.925. The predicted molar refractivity (Wildman–Crippen MR) is 126 cm³/mol. The number of hydrogen-bond donors (Lipinski definition) is 0. The van der Waals surface area contributed by atoms with E-state index in [4.69, 9.17) is 9.47 Å². The van der Waals surface area contributed by atoms with Gasteiger partial charge in [-0.15, -0.1) is 0 Å². The normalized spacial score (nSPS) is 17.8. The quantitative estimate of drug-likeness (QED) is 0.676. The number of carbonyl (C=O) groups is 2. The molecule has 1 unspecified atom stereocenters. The fourth-order valence-corrected chi connectivity index (χ4v) is 4.61. The molecule has 0 N–H and O–H groups in total. The topological polar surface area (TPSA) is 59.1 Å². The summed E-state index contributed by atoms with van der Waals surface area (Å²) in [5, 5.41) is 0. The molecule has 172 valence electrons. The van der Waals surface area contributed by atoms with Gasteiger partial charge in [0.25, 0.3) is 11.8 Å². The summed E-state index contributed by atoms with van der Waals surface area (Å²) in [5.74, 6) is 7.00. The molecule has 1 atom stereocenters. The number of methoxy groups -OCH3 is 1. The van der Waals surface area contributed by atoms with Gasteiger partial charge in [-0.25, -0.2) is 0 Å². The van der Waals surface area contributed by atoms with E-state index in [0.717, 1.165) is 43.7 Å². The molecule has 0 saturated carbocycles. The Morgan fingerprint density at radius 2 is 1.52 bits per heavy atom. The number of rotatable bonds is 4. The minimum atomic E-state index is -0.552. The van der Waals surface area contributed by atoms with Crippen LogP contribution in [0.25, 0.3) is 0 Å². The van der Waals surface area contributed by atoms with Crippen LogP contribution in [0.4, 0.5) is 0 Å². The second-order valence-corrected chi connectivity index (χ2v) is 8.85. The maximum atomic E-state index is 13.0. The number of ether oxygens (including phenoxy) is 2. The van der Waals surface area contributed by atoms with Gasteiger partial charge in [0.2, 0.25) is 0 Å². The Morgan fingerprint density at radius 3 is 2.15 bits per heavy atom. The molecule has 33 heavy (non-hydrogen) atoms. The number of likely N-dealkylation sites (tertiary alicyclic amines) is 2. The van der Waals surface area contributed by atoms with Gasteiger partial charge < -0.3 is 19.3 Å². The van der Waals surface area contributed by atoms with Crippen LogP contribution in [0, 0.1) is 17.3 Å². The SMILES string of the molecule is COc1ccc(OC(C)C(=O)N2CCC3(CCN(C(=O)C#Cc4ccccc4)CC3)C2)cc1. The van der Waals surface area contributed by atoms with Crippen molar-refractivity contribution >= 4 is 11.8 Å². The van der Waals surface area contributed by atoms with Crippen LogP contribution in [-0.2, 0) is 9.59 Å². The zero-order chi connectivity index (χ0) is 23.3. The number of amides is 2. The van der Waals surface area contributed by atoms with Crippen LogP contribution in [0.3, 0.4) is 0 Å². The lowest BCUT2D eigenvalue weighted by atomic mass is 9.78. The minimum absolute atomic E-state index is 0.00919. The van der Waals surface area contributed by atoms with E-state index in [2.05, 4.69) is 11.8 Å². The Balaban J connectivity index is 1.28. The average Bonchev–Trinajstić information content (AvgIpc) is 3.27. The van der Waals surface area contributed by atoms with E-state index < -0.39 is 6.10 Å². The van der Waals surface area contributed by atoms with Crippen LogP contribution in [0.1, 0.15) is 31.7 Å². The van der Waals surface area contributed by atoms with Crippen molar-refractivity contribution < 1.29 is 19.1 Å². The van der Waals surface area contributed by atoms with Crippen molar-refractivity contribution in [3.8, 4) is 23.3 Å². The summed E-state index contributed by atoms with van der Waals surface area (Å²) in [4.78, 5) is 29.3. The molecule has 2 aromatic carbocycles. The number of carbonyl (C=O) groups excluding carboxylic acids is 2. The van der Waals surface area contributed by atoms with Crippen molar-refractivity contribution in [2.24, 2.45) is 5.41 Å². The van der Waals surface area contributed by atoms with E-state index in [1.807, 2.05) is 64.4 Å². The number of hydrogen-bond acceptors (Lipinski definition) is 4. The van der Waals surface area contributed by atoms with E-state index in [1.165, 1.54) is 0 Å². The van der Waals surface area contributed by atoms with Crippen molar-refractivity contribution in [3.05, 3.63) is 60.2 Å². The van der Waals surface area contributed by atoms with Crippen LogP contribution in [0.15, 0.2) is 54.6 Å². The molecule has 6 nitrogen and oxygen atoms in total. The zero-order valence-electron chi connectivity index (χ0n) is 19.3. The molecule has 2 fully saturated rings. The van der Waals surface area contributed by atoms with Gasteiger partial charge >= 0.3 is 0 Å². The number of benzene rings is 2. The molecule has 2 aliphatic rings. The summed E-state index contributed by atoms with van der Waals surface area (Å²) in [6, 6.07) is 16.8. The Kier molecular flexibility index (Phi) is 6.88. The van der Waals surface area contributed by atoms with E-state index >= 15 is 0 Å². The first-order chi connectivity index (χ1) is 16.0. The Morgan fingerprint density at radius 1 is 0.909 bits per heavy atom. The maximum Gasteiger partial charge on any atom is 0.298 e. The molecule has 0 radical (unpaired) electrons. The lowest BCUT2D eigenvalue weighted by molar-refractivity contribution is -0.137. The maximum absolute atomic E-state index is 13.0. The zero-order valence-corrected chi connectivity index (χ0v) is 19.3. The molecular weight excluding hydrogens is 416 g/mol. The standard InChI is InChI=1S/C27H30N2O4/c1-21(33-24-11-9-23(32-2)10-12-24)26(31)29-19-16-27(20-29)14-17-28(18-15-27)25(30)13-8-22-6-4-3-5-7-22/h3-7,9-12,21H,14-20H2,1-2H3. The first-order valence-electron chi connectivity index (χ1n) is 11.4. The summed E-state index contributed by atoms with van der Waals surface area (Å²) in [6.07, 6.45) is 2.20. The van der Waals surface area contributed by atoms with Crippen LogP contribution in [-0.4, -0.2) is 61.0 Å². The monoisotopic (exact) mass is 446 g/mol. The van der Waals surface area contributed by atoms with Gasteiger partial charge in [-0.2, -0.15) is 0 Å². The van der Waals surface area contributed by atoms with Crippen LogP contribution in [0.5, 0.6) is 11.5 Å². The predicted octanol–water partition coefficient (Wildman–Crippen LogP) is 3.36. The Hall–Kier alpha value is -3.46. The molecule has 2 saturated heterocycles. The van der Waals surface area contributed by atoms with Gasteiger partial charge in [-0.05, 0) is 68.0 Å². The van der Waals surface area contributed by atoms with Crippen molar-refractivity contribution in [1.82, 2.24) is 9.80 Å². The highest BCUT2D eigenvalue weighted by Gasteiger charge is 2.43. The highest BCUT2D eigenvalue weighted by molar-refractivity contribution is 5.94. The van der Waals surface area contributed by atoms with Gasteiger partial charge in [-0.1, -0.05) is 24.1 Å². The second-order valence-electron chi connectivity index (χ2n) is 8.85. The van der Waals surface area contributed by atoms with Crippen molar-refractivity contribution in [1.29, 1.82) is 0 Å². The lowest BCUT2D eigenvalue weighted by Gasteiger charge is -2.38. The van der Waals surface area contributed by atoms with E-state index in [0.29, 0.717) is 18.8 Å². The second kappa shape index (κ2) is 9.99. The smallest absolute Gasteiger partial charge is 0.298 e. The van der Waals surface area contributed by atoms with Gasteiger partial charge in [0.05, 0.1) is 7.11 Å². The Bertz CT molecular complexity index is 1030. The molecular formula is C27H30N2O4. The first-order valence-corrected chi connectivity index (χ1v) is 11.4. The molecule has 1 spiro atoms. The number of piperidine rings is 1. The van der Waals surface area contributed by atoms with E-state index in [1.54, 1.807) is 14.0 Å². The molecule has 2 aliphatic heterocycles. The van der Waals surface area contributed by atoms with Crippen LogP contribution < -0.4 is 9.47 Å². The lowest BCUT2D eigenvalue weighted by Crippen LogP contribution is -2.45. The Labute approximate surface area is 195 Å². The minimum Gasteiger partial charge on any atom is -0.497 e. The molecule has 2 amide bonds. The summed E-state index contributed by atoms with van der Waals surface area (Å²) in [7, 11) is 1.61. The van der Waals surface area contributed by atoms with Crippen molar-refractivity contribution in [2.45, 2.75) is 32.3 Å². The van der Waals surface area contributed by atoms with Gasteiger partial charge in [0.1, 0.15) is 11.5 Å². The largest absolute Gasteiger partial charge is 0.497 e. The van der Waals surface area contributed by atoms with Crippen LogP contribution >= 0.6 is 0 Å². The van der Waals surface area contributed by atoms with Crippen molar-refractivity contribution in [2.75, 3.05) is 33.3 Å². The van der Waals surface area contributed by atoms with Gasteiger partial charge in [0, 0.05) is 37.7 Å². The van der Waals surface area contributed by atoms with E-state index in [-0.39, 0.29) is 17.2 Å². The van der Waals surface area contributed by atoms with Gasteiger partial charge in [-0.3, -0.25) is 9.59 Å². The molecule has 0 aliphatic carbocycles. The third-order valence-electron chi connectivity index (χ3n) is 6.67. The van der Waals surface area contributed by atoms with Crippen LogP contribution in [0.2, 0.25) is 0 Å². The first kappa shape index (κ1) is 22.7. The third-order valence-corrected chi connectivity index (χ3v) is 6.67. The summed E-state index contributed by atoms with van der Waals surface area (Å²) < 4.78 is 11.0. The van der Waals surface area contributed by atoms with Gasteiger partial charge in [0.15, 0.2) is 6.10 Å². The molecule has 6 heteroatoms. The fraction of sp³-hybridized carbons (Fsp3) is 0.407.